The molecule has 0 saturated carbocycles. The van der Waals surface area contributed by atoms with Crippen LogP contribution in [0.4, 0.5) is 0 Å². The van der Waals surface area contributed by atoms with Crippen molar-refractivity contribution in [1.82, 2.24) is 9.78 Å². The second kappa shape index (κ2) is 4.53. The number of methoxy groups -OCH3 is 1. The highest BCUT2D eigenvalue weighted by molar-refractivity contribution is 8.00. The van der Waals surface area contributed by atoms with E-state index in [-0.39, 0.29) is 6.04 Å². The lowest BCUT2D eigenvalue weighted by Gasteiger charge is -2.25. The van der Waals surface area contributed by atoms with Gasteiger partial charge in [-0.05, 0) is 20.3 Å². The number of nitrogens with zero attached hydrogens (tertiary/aromatic N) is 2. The normalized spacial score (nSPS) is 28.9. The second-order valence-electron chi connectivity index (χ2n) is 4.96. The molecular weight excluding hydrogens is 236 g/mol. The van der Waals surface area contributed by atoms with Crippen molar-refractivity contribution in [2.24, 2.45) is 0 Å². The van der Waals surface area contributed by atoms with Gasteiger partial charge in [-0.1, -0.05) is 6.92 Å². The zero-order valence-corrected chi connectivity index (χ0v) is 11.6. The van der Waals surface area contributed by atoms with Crippen LogP contribution in [-0.2, 0) is 5.60 Å². The third-order valence-electron chi connectivity index (χ3n) is 3.14. The van der Waals surface area contributed by atoms with Crippen LogP contribution in [0.15, 0.2) is 6.20 Å². The third kappa shape index (κ3) is 2.18. The van der Waals surface area contributed by atoms with Gasteiger partial charge in [0, 0.05) is 17.0 Å². The topological polar surface area (TPSA) is 47.3 Å². The van der Waals surface area contributed by atoms with E-state index in [1.165, 1.54) is 0 Å². The molecule has 1 aliphatic heterocycles. The lowest BCUT2D eigenvalue weighted by atomic mass is 9.95. The molecule has 0 bridgehead atoms. The van der Waals surface area contributed by atoms with Gasteiger partial charge in [-0.2, -0.15) is 16.9 Å². The van der Waals surface area contributed by atoms with Crippen molar-refractivity contribution in [3.63, 3.8) is 0 Å². The fourth-order valence-electron chi connectivity index (χ4n) is 2.37. The van der Waals surface area contributed by atoms with Crippen molar-refractivity contribution in [3.8, 4) is 5.75 Å². The molecular formula is C12H20N2O2S. The van der Waals surface area contributed by atoms with E-state index in [9.17, 15) is 5.11 Å². The summed E-state index contributed by atoms with van der Waals surface area (Å²) in [6, 6.07) is 0.221. The Morgan fingerprint density at radius 2 is 2.35 bits per heavy atom. The van der Waals surface area contributed by atoms with Crippen LogP contribution in [0.5, 0.6) is 5.75 Å². The van der Waals surface area contributed by atoms with E-state index in [1.54, 1.807) is 25.1 Å². The Labute approximate surface area is 106 Å². The Bertz CT molecular complexity index is 405. The van der Waals surface area contributed by atoms with Crippen molar-refractivity contribution in [2.75, 3.05) is 12.9 Å². The summed E-state index contributed by atoms with van der Waals surface area (Å²) in [5, 5.41) is 15.6. The van der Waals surface area contributed by atoms with E-state index in [1.807, 2.05) is 4.68 Å². The van der Waals surface area contributed by atoms with Crippen molar-refractivity contribution < 1.29 is 9.84 Å². The first-order chi connectivity index (χ1) is 7.98. The van der Waals surface area contributed by atoms with Gasteiger partial charge < -0.3 is 9.84 Å². The SMILES string of the molecule is COc1cnn(C(C)C)c1C1(O)CSC(C)C1. The quantitative estimate of drug-likeness (QED) is 0.900. The highest BCUT2D eigenvalue weighted by Gasteiger charge is 2.42. The van der Waals surface area contributed by atoms with Crippen molar-refractivity contribution >= 4 is 11.8 Å². The molecule has 1 aromatic rings. The molecule has 0 spiro atoms. The molecule has 96 valence electrons. The third-order valence-corrected chi connectivity index (χ3v) is 4.52. The summed E-state index contributed by atoms with van der Waals surface area (Å²) in [6.07, 6.45) is 2.45. The first kappa shape index (κ1) is 12.8. The van der Waals surface area contributed by atoms with Gasteiger partial charge in [-0.3, -0.25) is 4.68 Å². The van der Waals surface area contributed by atoms with E-state index < -0.39 is 5.60 Å². The molecule has 5 heteroatoms. The lowest BCUT2D eigenvalue weighted by molar-refractivity contribution is 0.0475. The van der Waals surface area contributed by atoms with Crippen LogP contribution in [0.25, 0.3) is 0 Å². The summed E-state index contributed by atoms with van der Waals surface area (Å²) in [7, 11) is 1.63. The summed E-state index contributed by atoms with van der Waals surface area (Å²) in [6.45, 7) is 6.26. The first-order valence-corrected chi connectivity index (χ1v) is 6.99. The average molecular weight is 256 g/mol. The van der Waals surface area contributed by atoms with Gasteiger partial charge in [0.25, 0.3) is 0 Å². The van der Waals surface area contributed by atoms with Crippen LogP contribution in [0.2, 0.25) is 0 Å². The zero-order valence-electron chi connectivity index (χ0n) is 10.8. The maximum absolute atomic E-state index is 10.8. The molecule has 1 saturated heterocycles. The fraction of sp³-hybridized carbons (Fsp3) is 0.750. The number of ether oxygens (including phenoxy) is 1. The summed E-state index contributed by atoms with van der Waals surface area (Å²) in [5.41, 5.74) is 0.0165. The molecule has 0 aromatic carbocycles. The highest BCUT2D eigenvalue weighted by atomic mass is 32.2. The molecule has 1 aliphatic rings. The van der Waals surface area contributed by atoms with Gasteiger partial charge in [0.1, 0.15) is 11.3 Å². The largest absolute Gasteiger partial charge is 0.493 e. The number of rotatable bonds is 3. The Hall–Kier alpha value is -0.680. The minimum atomic E-state index is -0.809. The van der Waals surface area contributed by atoms with Crippen LogP contribution in [0.3, 0.4) is 0 Å². The highest BCUT2D eigenvalue weighted by Crippen LogP contribution is 2.44. The standard InChI is InChI=1S/C12H20N2O2S/c1-8(2)14-11(10(16-4)6-13-14)12(15)5-9(3)17-7-12/h6,8-9,15H,5,7H2,1-4H3. The van der Waals surface area contributed by atoms with Crippen molar-refractivity contribution in [2.45, 2.75) is 44.1 Å². The average Bonchev–Trinajstić information content (AvgIpc) is 2.82. The summed E-state index contributed by atoms with van der Waals surface area (Å²) < 4.78 is 7.21. The molecule has 0 amide bonds. The lowest BCUT2D eigenvalue weighted by Crippen LogP contribution is -2.30. The molecule has 17 heavy (non-hydrogen) atoms. The van der Waals surface area contributed by atoms with Crippen molar-refractivity contribution in [1.29, 1.82) is 0 Å². The Morgan fingerprint density at radius 1 is 1.65 bits per heavy atom. The van der Waals surface area contributed by atoms with Gasteiger partial charge in [-0.15, -0.1) is 0 Å². The van der Waals surface area contributed by atoms with Crippen LogP contribution < -0.4 is 4.74 Å². The van der Waals surface area contributed by atoms with E-state index in [4.69, 9.17) is 4.74 Å². The Kier molecular flexibility index (Phi) is 3.41. The predicted molar refractivity (Wildman–Crippen MR) is 69.6 cm³/mol. The van der Waals surface area contributed by atoms with E-state index in [0.29, 0.717) is 16.8 Å². The molecule has 1 N–H and O–H groups in total. The predicted octanol–water partition coefficient (Wildman–Crippen LogP) is 2.19. The molecule has 2 unspecified atom stereocenters. The fourth-order valence-corrected chi connectivity index (χ4v) is 3.58. The number of hydrogen-bond acceptors (Lipinski definition) is 4. The second-order valence-corrected chi connectivity index (χ2v) is 6.38. The molecule has 0 aliphatic carbocycles. The van der Waals surface area contributed by atoms with Gasteiger partial charge in [0.15, 0.2) is 5.75 Å². The minimum absolute atomic E-state index is 0.221. The van der Waals surface area contributed by atoms with Crippen LogP contribution in [0, 0.1) is 0 Å². The maximum Gasteiger partial charge on any atom is 0.162 e. The van der Waals surface area contributed by atoms with E-state index in [0.717, 1.165) is 12.1 Å². The zero-order chi connectivity index (χ0) is 12.6. The molecule has 1 aromatic heterocycles. The van der Waals surface area contributed by atoms with Gasteiger partial charge >= 0.3 is 0 Å². The van der Waals surface area contributed by atoms with Gasteiger partial charge in [0.2, 0.25) is 0 Å². The van der Waals surface area contributed by atoms with E-state index in [2.05, 4.69) is 25.9 Å². The molecule has 2 rings (SSSR count). The van der Waals surface area contributed by atoms with Crippen LogP contribution in [-0.4, -0.2) is 33.0 Å². The van der Waals surface area contributed by atoms with Gasteiger partial charge in [-0.25, -0.2) is 0 Å². The monoisotopic (exact) mass is 256 g/mol. The van der Waals surface area contributed by atoms with Crippen LogP contribution in [0.1, 0.15) is 38.9 Å². The Balaban J connectivity index is 2.45. The molecule has 2 heterocycles. The molecule has 2 atom stereocenters. The first-order valence-electron chi connectivity index (χ1n) is 5.94. The summed E-state index contributed by atoms with van der Waals surface area (Å²) in [4.78, 5) is 0. The number of hydrogen-bond donors (Lipinski definition) is 1. The summed E-state index contributed by atoms with van der Waals surface area (Å²) in [5.74, 6) is 1.40. The van der Waals surface area contributed by atoms with Crippen molar-refractivity contribution in [3.05, 3.63) is 11.9 Å². The number of aromatic nitrogens is 2. The Morgan fingerprint density at radius 3 is 2.82 bits per heavy atom. The number of aliphatic hydroxyl groups is 1. The minimum Gasteiger partial charge on any atom is -0.493 e. The molecule has 1 fully saturated rings. The summed E-state index contributed by atoms with van der Waals surface area (Å²) >= 11 is 1.80. The van der Waals surface area contributed by atoms with E-state index >= 15 is 0 Å². The molecule has 4 nitrogen and oxygen atoms in total. The van der Waals surface area contributed by atoms with Gasteiger partial charge in [0.05, 0.1) is 13.3 Å². The number of thioether (sulfide) groups is 1. The van der Waals surface area contributed by atoms with Crippen LogP contribution >= 0.6 is 11.8 Å². The maximum atomic E-state index is 10.8. The smallest absolute Gasteiger partial charge is 0.162 e. The molecule has 0 radical (unpaired) electrons.